The molecule has 0 spiro atoms. The van der Waals surface area contributed by atoms with Gasteiger partial charge in [0.05, 0.1) is 0 Å². The van der Waals surface area contributed by atoms with Crippen molar-refractivity contribution in [1.82, 2.24) is 5.23 Å². The maximum Gasteiger partial charge on any atom is 0.381 e. The molecule has 0 amide bonds. The highest BCUT2D eigenvalue weighted by atomic mass is 31.2. The van der Waals surface area contributed by atoms with Crippen LogP contribution in [0.25, 0.3) is 0 Å². The molecule has 0 bridgehead atoms. The molecule has 1 unspecified atom stereocenters. The fourth-order valence-corrected chi connectivity index (χ4v) is 2.75. The van der Waals surface area contributed by atoms with E-state index in [1.54, 1.807) is 0 Å². The Morgan fingerprint density at radius 2 is 1.58 bits per heavy atom. The van der Waals surface area contributed by atoms with Gasteiger partial charge in [-0.2, -0.15) is 0 Å². The summed E-state index contributed by atoms with van der Waals surface area (Å²) >= 11 is 0. The van der Waals surface area contributed by atoms with E-state index in [0.717, 1.165) is 0 Å². The average molecular weight is 323 g/mol. The van der Waals surface area contributed by atoms with Crippen LogP contribution < -0.4 is 0 Å². The highest BCUT2D eigenvalue weighted by molar-refractivity contribution is 7.72. The van der Waals surface area contributed by atoms with Crippen LogP contribution in [0, 0.1) is 0 Å². The van der Waals surface area contributed by atoms with Gasteiger partial charge < -0.3 is 24.3 Å². The quantitative estimate of drug-likeness (QED) is 0.208. The normalized spacial score (nSPS) is 15.4. The zero-order valence-corrected chi connectivity index (χ0v) is 11.7. The summed E-state index contributed by atoms with van der Waals surface area (Å²) in [4.78, 5) is 47.1. The lowest BCUT2D eigenvalue weighted by Gasteiger charge is -2.31. The number of nitrogens with zero attached hydrogens (tertiary/aromatic N) is 1. The fraction of sp³-hybridized carbons (Fsp3) is 0.833. The second-order valence-corrected chi connectivity index (χ2v) is 7.92. The van der Waals surface area contributed by atoms with Crippen molar-refractivity contribution in [3.8, 4) is 0 Å². The van der Waals surface area contributed by atoms with Crippen molar-refractivity contribution in [1.29, 1.82) is 0 Å². The van der Waals surface area contributed by atoms with Crippen molar-refractivity contribution in [2.45, 2.75) is 31.4 Å². The van der Waals surface area contributed by atoms with Crippen LogP contribution in [0.15, 0.2) is 0 Å². The zero-order valence-electron chi connectivity index (χ0n) is 9.94. The van der Waals surface area contributed by atoms with Crippen LogP contribution >= 0.6 is 15.2 Å². The molecule has 0 aromatic carbocycles. The molecular formula is C6H15NO10P2. The van der Waals surface area contributed by atoms with Gasteiger partial charge in [-0.3, -0.25) is 24.3 Å². The molecule has 0 radical (unpaired) electrons. The molecule has 0 aromatic rings. The number of hydrogen-bond donors (Lipinski definition) is 6. The molecule has 0 aliphatic heterocycles. The first-order chi connectivity index (χ1) is 8.28. The van der Waals surface area contributed by atoms with Gasteiger partial charge in [0.15, 0.2) is 6.04 Å². The smallest absolute Gasteiger partial charge is 0.381 e. The first-order valence-corrected chi connectivity index (χ1v) is 8.01. The Hall–Kier alpha value is -0.350. The Bertz CT molecular complexity index is 402. The van der Waals surface area contributed by atoms with Crippen molar-refractivity contribution in [3.05, 3.63) is 0 Å². The van der Waals surface area contributed by atoms with Crippen molar-refractivity contribution in [3.63, 3.8) is 0 Å². The van der Waals surface area contributed by atoms with Crippen LogP contribution in [0.3, 0.4) is 0 Å². The molecular weight excluding hydrogens is 308 g/mol. The van der Waals surface area contributed by atoms with E-state index in [-0.39, 0.29) is 6.42 Å². The molecule has 13 heteroatoms. The SMILES string of the molecule is CCC(C(=O)OC(C)(P(=O)(O)O)P(=O)(O)O)N(O)O. The second-order valence-electron chi connectivity index (χ2n) is 3.69. The standard InChI is InChI=1S/C6H15NO10P2/c1-3-4(7(9)10)5(8)17-6(2,18(11,12)13)19(14,15)16/h4,9-10H,3H2,1-2H3,(H2,11,12,13)(H2,14,15,16). The fourth-order valence-electron chi connectivity index (χ4n) is 0.971. The average Bonchev–Trinajstić information content (AvgIpc) is 2.13. The minimum Gasteiger partial charge on any atom is -0.432 e. The van der Waals surface area contributed by atoms with Gasteiger partial charge >= 0.3 is 26.2 Å². The number of rotatable bonds is 6. The van der Waals surface area contributed by atoms with Crippen LogP contribution in [0.2, 0.25) is 0 Å². The van der Waals surface area contributed by atoms with Crippen LogP contribution in [0.4, 0.5) is 0 Å². The predicted octanol–water partition coefficient (Wildman–Crippen LogP) is -0.582. The van der Waals surface area contributed by atoms with E-state index in [9.17, 15) is 13.9 Å². The molecule has 0 aromatic heterocycles. The van der Waals surface area contributed by atoms with Crippen LogP contribution in [-0.4, -0.2) is 52.3 Å². The molecule has 0 heterocycles. The van der Waals surface area contributed by atoms with E-state index in [1.165, 1.54) is 6.92 Å². The van der Waals surface area contributed by atoms with Crippen LogP contribution in [0.5, 0.6) is 0 Å². The first-order valence-electron chi connectivity index (χ1n) is 4.79. The summed E-state index contributed by atoms with van der Waals surface area (Å²) in [6, 6.07) is -1.75. The van der Waals surface area contributed by atoms with Crippen LogP contribution in [-0.2, 0) is 18.7 Å². The van der Waals surface area contributed by atoms with Gasteiger partial charge in [0.2, 0.25) is 0 Å². The number of esters is 1. The van der Waals surface area contributed by atoms with E-state index in [2.05, 4.69) is 4.74 Å². The predicted molar refractivity (Wildman–Crippen MR) is 58.1 cm³/mol. The van der Waals surface area contributed by atoms with E-state index in [4.69, 9.17) is 30.0 Å². The van der Waals surface area contributed by atoms with Gasteiger partial charge in [-0.05, 0) is 13.3 Å². The summed E-state index contributed by atoms with van der Waals surface area (Å²) in [5.74, 6) is -1.61. The van der Waals surface area contributed by atoms with Crippen molar-refractivity contribution in [2.24, 2.45) is 0 Å². The molecule has 0 aliphatic carbocycles. The Morgan fingerprint density at radius 3 is 1.79 bits per heavy atom. The lowest BCUT2D eigenvalue weighted by molar-refractivity contribution is -0.328. The number of carbonyl (C=O) groups excluding carboxylic acids is 1. The molecule has 6 N–H and O–H groups in total. The van der Waals surface area contributed by atoms with Crippen molar-refractivity contribution < 1.29 is 48.6 Å². The van der Waals surface area contributed by atoms with E-state index < -0.39 is 37.5 Å². The topological polar surface area (TPSA) is 185 Å². The summed E-state index contributed by atoms with van der Waals surface area (Å²) in [5.41, 5.74) is 0. The summed E-state index contributed by atoms with van der Waals surface area (Å²) in [6.07, 6.45) is -0.246. The van der Waals surface area contributed by atoms with E-state index >= 15 is 0 Å². The molecule has 11 nitrogen and oxygen atoms in total. The van der Waals surface area contributed by atoms with E-state index in [1.807, 2.05) is 0 Å². The monoisotopic (exact) mass is 323 g/mol. The maximum absolute atomic E-state index is 11.5. The Morgan fingerprint density at radius 1 is 1.21 bits per heavy atom. The first kappa shape index (κ1) is 18.7. The van der Waals surface area contributed by atoms with Gasteiger partial charge in [0.25, 0.3) is 0 Å². The lowest BCUT2D eigenvalue weighted by Crippen LogP contribution is -2.42. The van der Waals surface area contributed by atoms with Crippen molar-refractivity contribution >= 4 is 21.2 Å². The number of carbonyl (C=O) groups is 1. The molecule has 1 atom stereocenters. The minimum absolute atomic E-state index is 0.246. The van der Waals surface area contributed by atoms with Gasteiger partial charge in [-0.1, -0.05) is 12.2 Å². The zero-order chi connectivity index (χ0) is 15.6. The molecule has 0 saturated carbocycles. The molecule has 19 heavy (non-hydrogen) atoms. The Balaban J connectivity index is 5.46. The third-order valence-corrected chi connectivity index (χ3v) is 6.22. The molecule has 114 valence electrons. The third-order valence-electron chi connectivity index (χ3n) is 2.31. The third kappa shape index (κ3) is 4.06. The molecule has 0 saturated heterocycles. The summed E-state index contributed by atoms with van der Waals surface area (Å²) in [5, 5.41) is 13.4. The van der Waals surface area contributed by atoms with Gasteiger partial charge in [-0.25, -0.2) is 0 Å². The summed E-state index contributed by atoms with van der Waals surface area (Å²) in [7, 11) is -11.1. The van der Waals surface area contributed by atoms with Crippen LogP contribution in [0.1, 0.15) is 20.3 Å². The minimum atomic E-state index is -5.53. The highest BCUT2D eigenvalue weighted by Gasteiger charge is 2.60. The summed E-state index contributed by atoms with van der Waals surface area (Å²) < 4.78 is 26.4. The Labute approximate surface area is 107 Å². The largest absolute Gasteiger partial charge is 0.432 e. The lowest BCUT2D eigenvalue weighted by atomic mass is 10.2. The maximum atomic E-state index is 11.5. The highest BCUT2D eigenvalue weighted by Crippen LogP contribution is 2.69. The second kappa shape index (κ2) is 5.96. The molecule has 0 rings (SSSR count). The van der Waals surface area contributed by atoms with Gasteiger partial charge in [0.1, 0.15) is 0 Å². The van der Waals surface area contributed by atoms with E-state index in [0.29, 0.717) is 6.92 Å². The molecule has 0 fully saturated rings. The van der Waals surface area contributed by atoms with Crippen molar-refractivity contribution in [2.75, 3.05) is 0 Å². The number of hydroxylamine groups is 2. The van der Waals surface area contributed by atoms with Gasteiger partial charge in [-0.15, -0.1) is 0 Å². The Kier molecular flexibility index (Phi) is 5.85. The number of hydrogen-bond acceptors (Lipinski definition) is 7. The number of ether oxygens (including phenoxy) is 1. The molecule has 0 aliphatic rings. The summed E-state index contributed by atoms with van der Waals surface area (Å²) in [6.45, 7) is 1.66. The van der Waals surface area contributed by atoms with Gasteiger partial charge in [0, 0.05) is 0 Å².